The quantitative estimate of drug-likeness (QED) is 0.699. The van der Waals surface area contributed by atoms with Crippen molar-refractivity contribution in [2.45, 2.75) is 19.9 Å². The summed E-state index contributed by atoms with van der Waals surface area (Å²) in [4.78, 5) is 14.5. The molecule has 25 heavy (non-hydrogen) atoms. The van der Waals surface area contributed by atoms with Gasteiger partial charge in [-0.2, -0.15) is 0 Å². The average Bonchev–Trinajstić information content (AvgIpc) is 3.12. The van der Waals surface area contributed by atoms with Crippen molar-refractivity contribution in [3.63, 3.8) is 0 Å². The number of amides is 2. The van der Waals surface area contributed by atoms with Crippen LogP contribution in [0.3, 0.4) is 0 Å². The molecule has 0 saturated carbocycles. The minimum Gasteiger partial charge on any atom is -0.467 e. The minimum atomic E-state index is -0.127. The smallest absolute Gasteiger partial charge is 0.322 e. The van der Waals surface area contributed by atoms with Crippen LogP contribution in [0.25, 0.3) is 0 Å². The first-order valence-corrected chi connectivity index (χ1v) is 8.39. The number of furan rings is 1. The van der Waals surface area contributed by atoms with Gasteiger partial charge in [0.2, 0.25) is 0 Å². The second-order valence-corrected chi connectivity index (χ2v) is 6.04. The van der Waals surface area contributed by atoms with Gasteiger partial charge in [0.25, 0.3) is 0 Å². The molecule has 2 aromatic carbocycles. The Morgan fingerprint density at radius 1 is 1.04 bits per heavy atom. The molecule has 0 bridgehead atoms. The molecular weight excluding hydrogens is 312 g/mol. The molecular formula is C21H22N2O2. The molecule has 0 saturated heterocycles. The van der Waals surface area contributed by atoms with Crippen molar-refractivity contribution in [2.75, 3.05) is 11.9 Å². The number of benzene rings is 2. The number of carbonyl (C=O) groups is 1. The number of carbonyl (C=O) groups excluding carboxylic acids is 1. The van der Waals surface area contributed by atoms with Crippen LogP contribution in [0.4, 0.5) is 10.5 Å². The lowest BCUT2D eigenvalue weighted by Crippen LogP contribution is -2.36. The van der Waals surface area contributed by atoms with E-state index in [0.29, 0.717) is 13.1 Å². The summed E-state index contributed by atoms with van der Waals surface area (Å²) in [5, 5.41) is 2.98. The number of urea groups is 1. The zero-order chi connectivity index (χ0) is 17.5. The summed E-state index contributed by atoms with van der Waals surface area (Å²) in [7, 11) is 0. The fourth-order valence-electron chi connectivity index (χ4n) is 2.68. The summed E-state index contributed by atoms with van der Waals surface area (Å²) < 4.78 is 5.41. The van der Waals surface area contributed by atoms with E-state index in [4.69, 9.17) is 4.42 Å². The summed E-state index contributed by atoms with van der Waals surface area (Å²) in [6.07, 6.45) is 2.42. The molecule has 2 amide bonds. The first-order chi connectivity index (χ1) is 12.2. The lowest BCUT2D eigenvalue weighted by Gasteiger charge is -2.22. The fourth-order valence-corrected chi connectivity index (χ4v) is 2.68. The van der Waals surface area contributed by atoms with Crippen LogP contribution in [0, 0.1) is 6.92 Å². The van der Waals surface area contributed by atoms with Crippen molar-refractivity contribution < 1.29 is 9.21 Å². The zero-order valence-electron chi connectivity index (χ0n) is 14.3. The molecule has 0 unspecified atom stereocenters. The van der Waals surface area contributed by atoms with E-state index < -0.39 is 0 Å². The number of rotatable bonds is 6. The standard InChI is InChI=1S/C21H22N2O2/c1-17-7-5-10-19(15-17)22-21(24)23(16-20-11-6-14-25-20)13-12-18-8-3-2-4-9-18/h2-11,14-15H,12-13,16H2,1H3,(H,22,24). The molecule has 3 rings (SSSR count). The molecule has 0 fully saturated rings. The third-order valence-corrected chi connectivity index (χ3v) is 4.00. The highest BCUT2D eigenvalue weighted by atomic mass is 16.3. The third kappa shape index (κ3) is 4.98. The summed E-state index contributed by atoms with van der Waals surface area (Å²) in [5.41, 5.74) is 3.11. The first-order valence-electron chi connectivity index (χ1n) is 8.39. The molecule has 4 nitrogen and oxygen atoms in total. The highest BCUT2D eigenvalue weighted by Crippen LogP contribution is 2.13. The van der Waals surface area contributed by atoms with Gasteiger partial charge in [0.05, 0.1) is 12.8 Å². The van der Waals surface area contributed by atoms with E-state index in [1.807, 2.05) is 61.5 Å². The van der Waals surface area contributed by atoms with Gasteiger partial charge in [-0.15, -0.1) is 0 Å². The van der Waals surface area contributed by atoms with Gasteiger partial charge in [0.15, 0.2) is 0 Å². The van der Waals surface area contributed by atoms with Crippen LogP contribution in [0.5, 0.6) is 0 Å². The zero-order valence-corrected chi connectivity index (χ0v) is 14.3. The van der Waals surface area contributed by atoms with Crippen LogP contribution in [-0.4, -0.2) is 17.5 Å². The van der Waals surface area contributed by atoms with E-state index >= 15 is 0 Å². The molecule has 0 aliphatic carbocycles. The van der Waals surface area contributed by atoms with Crippen LogP contribution in [0.2, 0.25) is 0 Å². The molecule has 1 heterocycles. The van der Waals surface area contributed by atoms with Crippen molar-refractivity contribution in [2.24, 2.45) is 0 Å². The molecule has 0 radical (unpaired) electrons. The van der Waals surface area contributed by atoms with Crippen LogP contribution in [0.1, 0.15) is 16.9 Å². The van der Waals surface area contributed by atoms with E-state index in [-0.39, 0.29) is 6.03 Å². The summed E-state index contributed by atoms with van der Waals surface area (Å²) >= 11 is 0. The topological polar surface area (TPSA) is 45.5 Å². The molecule has 0 atom stereocenters. The number of nitrogens with one attached hydrogen (secondary N) is 1. The summed E-state index contributed by atoms with van der Waals surface area (Å²) in [6.45, 7) is 3.06. The molecule has 0 aliphatic heterocycles. The van der Waals surface area contributed by atoms with Gasteiger partial charge in [-0.05, 0) is 48.7 Å². The Morgan fingerprint density at radius 3 is 2.60 bits per heavy atom. The van der Waals surface area contributed by atoms with Gasteiger partial charge in [0, 0.05) is 12.2 Å². The Kier molecular flexibility index (Phi) is 5.52. The highest BCUT2D eigenvalue weighted by Gasteiger charge is 2.15. The monoisotopic (exact) mass is 334 g/mol. The van der Waals surface area contributed by atoms with Crippen LogP contribution in [-0.2, 0) is 13.0 Å². The Morgan fingerprint density at radius 2 is 1.88 bits per heavy atom. The van der Waals surface area contributed by atoms with Crippen molar-refractivity contribution in [3.8, 4) is 0 Å². The van der Waals surface area contributed by atoms with Crippen molar-refractivity contribution >= 4 is 11.7 Å². The van der Waals surface area contributed by atoms with Crippen molar-refractivity contribution in [1.29, 1.82) is 0 Å². The molecule has 1 N–H and O–H groups in total. The number of hydrogen-bond donors (Lipinski definition) is 1. The molecule has 0 spiro atoms. The highest BCUT2D eigenvalue weighted by molar-refractivity contribution is 5.89. The predicted molar refractivity (Wildman–Crippen MR) is 99.5 cm³/mol. The Labute approximate surface area is 148 Å². The third-order valence-electron chi connectivity index (χ3n) is 4.00. The minimum absolute atomic E-state index is 0.127. The number of anilines is 1. The average molecular weight is 334 g/mol. The van der Waals surface area contributed by atoms with Gasteiger partial charge in [-0.1, -0.05) is 42.5 Å². The van der Waals surface area contributed by atoms with Crippen molar-refractivity contribution in [1.82, 2.24) is 4.90 Å². The second kappa shape index (κ2) is 8.20. The number of aryl methyl sites for hydroxylation is 1. The lowest BCUT2D eigenvalue weighted by molar-refractivity contribution is 0.205. The van der Waals surface area contributed by atoms with E-state index in [2.05, 4.69) is 17.4 Å². The van der Waals surface area contributed by atoms with E-state index in [0.717, 1.165) is 23.4 Å². The van der Waals surface area contributed by atoms with Crippen LogP contribution in [0.15, 0.2) is 77.4 Å². The SMILES string of the molecule is Cc1cccc(NC(=O)N(CCc2ccccc2)Cc2ccco2)c1. The van der Waals surface area contributed by atoms with Crippen LogP contribution < -0.4 is 5.32 Å². The van der Waals surface area contributed by atoms with E-state index in [9.17, 15) is 4.79 Å². The molecule has 128 valence electrons. The Hall–Kier alpha value is -3.01. The van der Waals surface area contributed by atoms with Gasteiger partial charge < -0.3 is 14.6 Å². The number of hydrogen-bond acceptors (Lipinski definition) is 2. The Balaban J connectivity index is 1.69. The van der Waals surface area contributed by atoms with E-state index in [1.54, 1.807) is 11.2 Å². The van der Waals surface area contributed by atoms with Crippen molar-refractivity contribution in [3.05, 3.63) is 89.9 Å². The first kappa shape index (κ1) is 16.8. The molecule has 0 aliphatic rings. The molecule has 3 aromatic rings. The van der Waals surface area contributed by atoms with Crippen LogP contribution >= 0.6 is 0 Å². The summed E-state index contributed by atoms with van der Waals surface area (Å²) in [6, 6.07) is 21.6. The van der Waals surface area contributed by atoms with Gasteiger partial charge in [-0.25, -0.2) is 4.79 Å². The van der Waals surface area contributed by atoms with Gasteiger partial charge in [-0.3, -0.25) is 0 Å². The Bertz CT molecular complexity index is 798. The van der Waals surface area contributed by atoms with Gasteiger partial charge in [0.1, 0.15) is 5.76 Å². The molecule has 4 heteroatoms. The maximum Gasteiger partial charge on any atom is 0.322 e. The summed E-state index contributed by atoms with van der Waals surface area (Å²) in [5.74, 6) is 0.771. The number of nitrogens with zero attached hydrogens (tertiary/aromatic N) is 1. The lowest BCUT2D eigenvalue weighted by atomic mass is 10.1. The predicted octanol–water partition coefficient (Wildman–Crippen LogP) is 4.86. The largest absolute Gasteiger partial charge is 0.467 e. The maximum absolute atomic E-state index is 12.7. The normalized spacial score (nSPS) is 10.4. The van der Waals surface area contributed by atoms with Gasteiger partial charge >= 0.3 is 6.03 Å². The van der Waals surface area contributed by atoms with E-state index in [1.165, 1.54) is 5.56 Å². The second-order valence-electron chi connectivity index (χ2n) is 6.04. The maximum atomic E-state index is 12.7. The molecule has 1 aromatic heterocycles. The fraction of sp³-hybridized carbons (Fsp3) is 0.190.